The molecule has 45 heavy (non-hydrogen) atoms. The van der Waals surface area contributed by atoms with E-state index in [1.54, 1.807) is 27.7 Å². The number of piperazine rings is 1. The van der Waals surface area contributed by atoms with Crippen molar-refractivity contribution in [1.29, 1.82) is 0 Å². The van der Waals surface area contributed by atoms with E-state index < -0.39 is 12.0 Å². The summed E-state index contributed by atoms with van der Waals surface area (Å²) in [6.07, 6.45) is 1.91. The van der Waals surface area contributed by atoms with E-state index in [1.807, 2.05) is 35.7 Å². The average Bonchev–Trinajstić information content (AvgIpc) is 3.54. The Morgan fingerprint density at radius 1 is 1.11 bits per heavy atom. The molecule has 0 bridgehead atoms. The Balaban J connectivity index is 1.81. The number of amides is 1. The van der Waals surface area contributed by atoms with E-state index in [-0.39, 0.29) is 17.4 Å². The Morgan fingerprint density at radius 2 is 1.80 bits per heavy atom. The molecular weight excluding hydrogens is 608 g/mol. The molecule has 8 nitrogen and oxygen atoms in total. The van der Waals surface area contributed by atoms with Gasteiger partial charge in [0.25, 0.3) is 11.5 Å². The summed E-state index contributed by atoms with van der Waals surface area (Å²) in [5, 5.41) is 6.25. The van der Waals surface area contributed by atoms with Crippen LogP contribution in [0.25, 0.3) is 27.5 Å². The topological polar surface area (TPSA) is 93.5 Å². The summed E-state index contributed by atoms with van der Waals surface area (Å²) in [5.74, 6) is -0.645. The minimum absolute atomic E-state index is 0.141. The van der Waals surface area contributed by atoms with Crippen molar-refractivity contribution in [1.82, 2.24) is 19.8 Å². The molecule has 2 aromatic heterocycles. The van der Waals surface area contributed by atoms with Gasteiger partial charge in [-0.15, -0.1) is 11.3 Å². The minimum atomic E-state index is -0.780. The zero-order valence-corrected chi connectivity index (χ0v) is 27.9. The van der Waals surface area contributed by atoms with Crippen LogP contribution in [0.4, 0.5) is 0 Å². The standard InChI is InChI=1S/C35H39ClN4O4S/c1-6-22-9-8-10-23(7-2)31(22)40-29(17-21(3)4)26(33(41)39-16-15-37-19-30(39)35(43)44-5)18-27(34(40)42)32-38-28(20-45-32)24-11-13-25(36)14-12-24/h8-14,18,20-21,30,37H,6-7,15-17,19H2,1-5H3. The predicted molar refractivity (Wildman–Crippen MR) is 181 cm³/mol. The number of carbonyl (C=O) groups excluding carboxylic acids is 2. The molecule has 0 radical (unpaired) electrons. The summed E-state index contributed by atoms with van der Waals surface area (Å²) in [4.78, 5) is 48.7. The molecule has 1 fully saturated rings. The van der Waals surface area contributed by atoms with Crippen molar-refractivity contribution in [2.45, 2.75) is 53.0 Å². The summed E-state index contributed by atoms with van der Waals surface area (Å²) < 4.78 is 6.84. The number of carbonyl (C=O) groups is 2. The van der Waals surface area contributed by atoms with Gasteiger partial charge in [-0.05, 0) is 54.5 Å². The highest BCUT2D eigenvalue weighted by atomic mass is 35.5. The van der Waals surface area contributed by atoms with E-state index in [4.69, 9.17) is 21.3 Å². The van der Waals surface area contributed by atoms with Gasteiger partial charge in [0.1, 0.15) is 11.0 Å². The first-order valence-corrected chi connectivity index (χ1v) is 16.7. The number of esters is 1. The second kappa shape index (κ2) is 14.1. The van der Waals surface area contributed by atoms with Crippen LogP contribution in [0, 0.1) is 5.92 Å². The summed E-state index contributed by atoms with van der Waals surface area (Å²) in [6, 6.07) is 14.4. The first-order chi connectivity index (χ1) is 21.7. The SMILES string of the molecule is CCc1cccc(CC)c1-n1c(CC(C)C)c(C(=O)N2CCNCC2C(=O)OC)cc(-c2nc(-c3ccc(Cl)cc3)cs2)c1=O. The molecule has 3 heterocycles. The van der Waals surface area contributed by atoms with Crippen molar-refractivity contribution in [3.63, 3.8) is 0 Å². The fourth-order valence-electron chi connectivity index (χ4n) is 5.92. The Bertz CT molecular complexity index is 1740. The zero-order valence-electron chi connectivity index (χ0n) is 26.4. The number of aryl methyl sites for hydroxylation is 2. The van der Waals surface area contributed by atoms with Crippen LogP contribution < -0.4 is 10.9 Å². The van der Waals surface area contributed by atoms with Crippen LogP contribution in [0.3, 0.4) is 0 Å². The van der Waals surface area contributed by atoms with Gasteiger partial charge >= 0.3 is 5.97 Å². The predicted octanol–water partition coefficient (Wildman–Crippen LogP) is 6.19. The maximum absolute atomic E-state index is 14.8. The first-order valence-electron chi connectivity index (χ1n) is 15.4. The minimum Gasteiger partial charge on any atom is -0.467 e. The van der Waals surface area contributed by atoms with Gasteiger partial charge in [0, 0.05) is 41.3 Å². The lowest BCUT2D eigenvalue weighted by atomic mass is 9.96. The van der Waals surface area contributed by atoms with Crippen LogP contribution >= 0.6 is 22.9 Å². The zero-order chi connectivity index (χ0) is 32.2. The van der Waals surface area contributed by atoms with Crippen LogP contribution in [-0.2, 0) is 28.8 Å². The van der Waals surface area contributed by atoms with Crippen molar-refractivity contribution in [3.05, 3.63) is 91.7 Å². The van der Waals surface area contributed by atoms with Crippen LogP contribution in [0.5, 0.6) is 0 Å². The largest absolute Gasteiger partial charge is 0.467 e. The summed E-state index contributed by atoms with van der Waals surface area (Å²) in [5.41, 5.74) is 5.60. The number of methoxy groups -OCH3 is 1. The van der Waals surface area contributed by atoms with Gasteiger partial charge in [-0.25, -0.2) is 9.78 Å². The second-order valence-electron chi connectivity index (χ2n) is 11.6. The molecule has 1 atom stereocenters. The molecule has 1 saturated heterocycles. The van der Waals surface area contributed by atoms with Crippen molar-refractivity contribution < 1.29 is 14.3 Å². The molecule has 1 N–H and O–H groups in total. The highest BCUT2D eigenvalue weighted by molar-refractivity contribution is 7.13. The van der Waals surface area contributed by atoms with Gasteiger partial charge in [0.05, 0.1) is 29.6 Å². The van der Waals surface area contributed by atoms with E-state index in [9.17, 15) is 14.4 Å². The lowest BCUT2D eigenvalue weighted by molar-refractivity contribution is -0.146. The number of nitrogens with one attached hydrogen (secondary N) is 1. The maximum atomic E-state index is 14.8. The average molecular weight is 647 g/mol. The summed E-state index contributed by atoms with van der Waals surface area (Å²) >= 11 is 7.47. The number of hydrogen-bond donors (Lipinski definition) is 1. The lowest BCUT2D eigenvalue weighted by Gasteiger charge is -2.35. The van der Waals surface area contributed by atoms with Crippen LogP contribution in [0.1, 0.15) is 54.9 Å². The molecule has 1 aliphatic rings. The van der Waals surface area contributed by atoms with Crippen LogP contribution in [0.15, 0.2) is 58.7 Å². The lowest BCUT2D eigenvalue weighted by Crippen LogP contribution is -2.57. The smallest absolute Gasteiger partial charge is 0.329 e. The van der Waals surface area contributed by atoms with Gasteiger partial charge < -0.3 is 15.0 Å². The van der Waals surface area contributed by atoms with Crippen LogP contribution in [-0.4, -0.2) is 59.1 Å². The summed E-state index contributed by atoms with van der Waals surface area (Å²) in [6.45, 7) is 9.46. The quantitative estimate of drug-likeness (QED) is 0.218. The van der Waals surface area contributed by atoms with Gasteiger partial charge in [-0.3, -0.25) is 14.2 Å². The third-order valence-electron chi connectivity index (χ3n) is 8.18. The van der Waals surface area contributed by atoms with E-state index in [0.29, 0.717) is 71.4 Å². The Kier molecular flexibility index (Phi) is 10.2. The van der Waals surface area contributed by atoms with E-state index in [0.717, 1.165) is 22.4 Å². The molecule has 236 valence electrons. The molecule has 4 aromatic rings. The van der Waals surface area contributed by atoms with Gasteiger partial charge in [-0.2, -0.15) is 0 Å². The van der Waals surface area contributed by atoms with Gasteiger partial charge in [0.15, 0.2) is 0 Å². The van der Waals surface area contributed by atoms with Gasteiger partial charge in [-0.1, -0.05) is 69.6 Å². The molecule has 1 aliphatic heterocycles. The number of aromatic nitrogens is 2. The maximum Gasteiger partial charge on any atom is 0.329 e. The van der Waals surface area contributed by atoms with Crippen molar-refractivity contribution in [2.75, 3.05) is 26.7 Å². The number of nitrogens with zero attached hydrogens (tertiary/aromatic N) is 3. The summed E-state index contributed by atoms with van der Waals surface area (Å²) in [7, 11) is 1.33. The molecule has 2 aromatic carbocycles. The normalized spacial score (nSPS) is 15.0. The molecule has 0 spiro atoms. The first kappa shape index (κ1) is 32.6. The molecule has 1 unspecified atom stereocenters. The van der Waals surface area contributed by atoms with Gasteiger partial charge in [0.2, 0.25) is 0 Å². The Hall–Kier alpha value is -3.79. The number of halogens is 1. The molecule has 5 rings (SSSR count). The third-order valence-corrected chi connectivity index (χ3v) is 9.30. The highest BCUT2D eigenvalue weighted by Crippen LogP contribution is 2.32. The Morgan fingerprint density at radius 3 is 2.42 bits per heavy atom. The molecule has 0 saturated carbocycles. The van der Waals surface area contributed by atoms with Crippen molar-refractivity contribution in [3.8, 4) is 27.5 Å². The fourth-order valence-corrected chi connectivity index (χ4v) is 6.88. The second-order valence-corrected chi connectivity index (χ2v) is 12.9. The van der Waals surface area contributed by atoms with Crippen LogP contribution in [0.2, 0.25) is 5.02 Å². The third kappa shape index (κ3) is 6.61. The van der Waals surface area contributed by atoms with Crippen molar-refractivity contribution >= 4 is 34.8 Å². The highest BCUT2D eigenvalue weighted by Gasteiger charge is 2.36. The Labute approximate surface area is 273 Å². The number of ether oxygens (including phenoxy) is 1. The molecule has 10 heteroatoms. The monoisotopic (exact) mass is 646 g/mol. The molecule has 0 aliphatic carbocycles. The number of hydrogen-bond acceptors (Lipinski definition) is 7. The van der Waals surface area contributed by atoms with Crippen molar-refractivity contribution in [2.24, 2.45) is 5.92 Å². The van der Waals surface area contributed by atoms with E-state index in [2.05, 4.69) is 33.0 Å². The number of pyridine rings is 1. The number of benzene rings is 2. The molecule has 1 amide bonds. The molecular formula is C35H39ClN4O4S. The number of rotatable bonds is 9. The number of para-hydroxylation sites is 1. The fraction of sp³-hybridized carbons (Fsp3) is 0.371. The van der Waals surface area contributed by atoms with E-state index in [1.165, 1.54) is 18.4 Å². The van der Waals surface area contributed by atoms with E-state index >= 15 is 0 Å². The number of thiazole rings is 1.